The lowest BCUT2D eigenvalue weighted by molar-refractivity contribution is -0.284. The van der Waals surface area contributed by atoms with Gasteiger partial charge in [0, 0.05) is 41.4 Å². The Morgan fingerprint density at radius 3 is 2.32 bits per heavy atom. The van der Waals surface area contributed by atoms with Crippen molar-refractivity contribution >= 4 is 17.9 Å². The minimum absolute atomic E-state index is 0.0718. The van der Waals surface area contributed by atoms with Gasteiger partial charge in [0.15, 0.2) is 0 Å². The molecule has 0 spiro atoms. The molecule has 13 atom stereocenters. The zero-order valence-electron chi connectivity index (χ0n) is 27.0. The molecule has 0 aliphatic heterocycles. The van der Waals surface area contributed by atoms with Crippen LogP contribution in [-0.2, 0) is 28.6 Å². The van der Waals surface area contributed by atoms with E-state index in [1.54, 1.807) is 26.4 Å². The molecule has 13 unspecified atom stereocenters. The van der Waals surface area contributed by atoms with Crippen LogP contribution in [0.4, 0.5) is 0 Å². The van der Waals surface area contributed by atoms with Gasteiger partial charge in [0.2, 0.25) is 0 Å². The monoisotopic (exact) mass is 616 g/mol. The Bertz CT molecular complexity index is 1320. The van der Waals surface area contributed by atoms with Crippen LogP contribution in [0.3, 0.4) is 0 Å². The first-order valence-electron chi connectivity index (χ1n) is 15.8. The number of hydrogen-bond acceptors (Lipinski definition) is 10. The number of esters is 3. The summed E-state index contributed by atoms with van der Waals surface area (Å²) in [7, 11) is 1.25. The van der Waals surface area contributed by atoms with Crippen molar-refractivity contribution in [2.45, 2.75) is 111 Å². The minimum atomic E-state index is -1.49. The zero-order valence-corrected chi connectivity index (χ0v) is 27.0. The average Bonchev–Trinajstić information content (AvgIpc) is 3.60. The molecule has 10 nitrogen and oxygen atoms in total. The van der Waals surface area contributed by atoms with Crippen molar-refractivity contribution in [1.82, 2.24) is 0 Å². The fourth-order valence-electron chi connectivity index (χ4n) is 10.3. The number of fused-ring (bicyclic) bond motifs is 5. The Kier molecular flexibility index (Phi) is 8.16. The van der Waals surface area contributed by atoms with Crippen LogP contribution in [0, 0.1) is 39.4 Å². The molecular weight excluding hydrogens is 568 g/mol. The van der Waals surface area contributed by atoms with E-state index in [2.05, 4.69) is 6.08 Å². The maximum Gasteiger partial charge on any atom is 0.314 e. The van der Waals surface area contributed by atoms with Crippen LogP contribution in [-0.4, -0.2) is 70.9 Å². The summed E-state index contributed by atoms with van der Waals surface area (Å²) in [5.74, 6) is -4.72. The summed E-state index contributed by atoms with van der Waals surface area (Å²) in [6, 6.07) is 1.86. The molecule has 3 N–H and O–H groups in total. The van der Waals surface area contributed by atoms with Gasteiger partial charge in [0.05, 0.1) is 55.4 Å². The first kappa shape index (κ1) is 32.7. The number of allylic oxidation sites excluding steroid dienone is 1. The summed E-state index contributed by atoms with van der Waals surface area (Å²) in [5, 5.41) is 36.4. The Balaban J connectivity index is 1.76. The number of aliphatic hydroxyl groups is 3. The van der Waals surface area contributed by atoms with Crippen molar-refractivity contribution in [1.29, 1.82) is 0 Å². The molecule has 10 heteroatoms. The highest BCUT2D eigenvalue weighted by molar-refractivity contribution is 5.79. The first-order chi connectivity index (χ1) is 20.5. The van der Waals surface area contributed by atoms with Crippen molar-refractivity contribution in [2.24, 2.45) is 39.4 Å². The second kappa shape index (κ2) is 11.0. The lowest BCUT2D eigenvalue weighted by atomic mass is 9.34. The predicted octanol–water partition coefficient (Wildman–Crippen LogP) is 3.92. The molecule has 0 aromatic carbocycles. The van der Waals surface area contributed by atoms with Gasteiger partial charge >= 0.3 is 17.9 Å². The number of carbonyl (C=O) groups excluding carboxylic acids is 3. The first-order valence-corrected chi connectivity index (χ1v) is 15.8. The van der Waals surface area contributed by atoms with Crippen LogP contribution in [0.5, 0.6) is 0 Å². The van der Waals surface area contributed by atoms with E-state index in [1.807, 2.05) is 33.8 Å². The van der Waals surface area contributed by atoms with Crippen molar-refractivity contribution in [3.63, 3.8) is 0 Å². The largest absolute Gasteiger partial charge is 0.472 e. The minimum Gasteiger partial charge on any atom is -0.472 e. The number of hydrogen-bond donors (Lipinski definition) is 3. The molecule has 0 amide bonds. The molecule has 44 heavy (non-hydrogen) atoms. The Morgan fingerprint density at radius 1 is 1.07 bits per heavy atom. The third-order valence-electron chi connectivity index (χ3n) is 12.6. The summed E-state index contributed by atoms with van der Waals surface area (Å²) in [6.07, 6.45) is 1.42. The molecule has 0 bridgehead atoms. The van der Waals surface area contributed by atoms with Gasteiger partial charge in [0.25, 0.3) is 0 Å². The number of furan rings is 1. The topological polar surface area (TPSA) is 153 Å². The van der Waals surface area contributed by atoms with Gasteiger partial charge in [-0.1, -0.05) is 39.3 Å². The molecule has 244 valence electrons. The molecule has 0 radical (unpaired) electrons. The number of rotatable bonds is 6. The van der Waals surface area contributed by atoms with Crippen molar-refractivity contribution in [3.05, 3.63) is 35.8 Å². The average molecular weight is 617 g/mol. The van der Waals surface area contributed by atoms with Crippen molar-refractivity contribution in [3.8, 4) is 0 Å². The molecule has 1 aromatic heterocycles. The van der Waals surface area contributed by atoms with E-state index in [9.17, 15) is 29.7 Å². The maximum absolute atomic E-state index is 14.3. The lowest BCUT2D eigenvalue weighted by Gasteiger charge is -2.71. The Morgan fingerprint density at radius 2 is 1.75 bits per heavy atom. The summed E-state index contributed by atoms with van der Waals surface area (Å²) >= 11 is 0. The number of ether oxygens (including phenoxy) is 3. The SMILES string of the molecule is CCC(C)OC(=O)C1C(O)C2C(C)(C3=CCC(c4ccoc4)C31C)C(O)CC1C(C)(C(=O)OC)C(O)CC(OC(C)=O)C12C. The molecule has 1 aromatic rings. The summed E-state index contributed by atoms with van der Waals surface area (Å²) in [4.78, 5) is 40.2. The molecule has 0 saturated heterocycles. The van der Waals surface area contributed by atoms with E-state index in [-0.39, 0.29) is 18.8 Å². The van der Waals surface area contributed by atoms with Gasteiger partial charge in [-0.3, -0.25) is 14.4 Å². The third kappa shape index (κ3) is 4.19. The summed E-state index contributed by atoms with van der Waals surface area (Å²) < 4.78 is 22.5. The van der Waals surface area contributed by atoms with E-state index in [0.29, 0.717) is 12.8 Å². The Labute approximate surface area is 259 Å². The van der Waals surface area contributed by atoms with Crippen LogP contribution in [0.15, 0.2) is 34.7 Å². The van der Waals surface area contributed by atoms with Gasteiger partial charge in [-0.25, -0.2) is 0 Å². The fraction of sp³-hybridized carbons (Fsp3) is 0.735. The van der Waals surface area contributed by atoms with Crippen LogP contribution in [0.25, 0.3) is 0 Å². The van der Waals surface area contributed by atoms with Gasteiger partial charge in [-0.2, -0.15) is 0 Å². The normalized spacial score (nSPS) is 45.2. The van der Waals surface area contributed by atoms with E-state index in [0.717, 1.165) is 11.1 Å². The van der Waals surface area contributed by atoms with Crippen LogP contribution in [0.2, 0.25) is 0 Å². The van der Waals surface area contributed by atoms with Crippen molar-refractivity contribution < 1.29 is 48.3 Å². The third-order valence-corrected chi connectivity index (χ3v) is 12.6. The summed E-state index contributed by atoms with van der Waals surface area (Å²) in [6.45, 7) is 12.4. The van der Waals surface area contributed by atoms with Crippen LogP contribution in [0.1, 0.15) is 85.6 Å². The maximum atomic E-state index is 14.3. The highest BCUT2D eigenvalue weighted by Gasteiger charge is 2.77. The lowest BCUT2D eigenvalue weighted by Crippen LogP contribution is -2.75. The second-order valence-corrected chi connectivity index (χ2v) is 14.4. The molecule has 4 aliphatic carbocycles. The molecule has 4 aliphatic rings. The quantitative estimate of drug-likeness (QED) is 0.244. The molecule has 3 fully saturated rings. The molecular formula is C34H48O10. The van der Waals surface area contributed by atoms with Gasteiger partial charge in [0.1, 0.15) is 6.10 Å². The summed E-state index contributed by atoms with van der Waals surface area (Å²) in [5.41, 5.74) is -3.01. The number of methoxy groups -OCH3 is 1. The van der Waals surface area contributed by atoms with Gasteiger partial charge < -0.3 is 33.9 Å². The highest BCUT2D eigenvalue weighted by atomic mass is 16.6. The molecule has 1 heterocycles. The van der Waals surface area contributed by atoms with E-state index < -0.39 is 87.8 Å². The number of aliphatic hydroxyl groups excluding tert-OH is 3. The standard InChI is InChI=1S/C34H48O10/c1-9-17(2)43-29(39)26-27(38)28-32(5,21-11-10-20(31(21,26)4)19-12-13-42-16-19)23(36)14-22-33(6,30(40)41-8)24(37)15-25(34(22,28)7)44-18(3)35/h11-13,16-17,20,22-28,36-38H,9-10,14-15H2,1-8H3. The Hall–Kier alpha value is -2.69. The molecule has 3 saturated carbocycles. The fourth-order valence-corrected chi connectivity index (χ4v) is 10.3. The number of carbonyl (C=O) groups is 3. The predicted molar refractivity (Wildman–Crippen MR) is 158 cm³/mol. The second-order valence-electron chi connectivity index (χ2n) is 14.4. The van der Waals surface area contributed by atoms with Gasteiger partial charge in [-0.05, 0) is 50.7 Å². The van der Waals surface area contributed by atoms with Gasteiger partial charge in [-0.15, -0.1) is 0 Å². The highest BCUT2D eigenvalue weighted by Crippen LogP contribution is 2.75. The smallest absolute Gasteiger partial charge is 0.314 e. The van der Waals surface area contributed by atoms with Crippen LogP contribution >= 0.6 is 0 Å². The molecule has 5 rings (SSSR count). The van der Waals surface area contributed by atoms with E-state index in [4.69, 9.17) is 18.6 Å². The van der Waals surface area contributed by atoms with E-state index in [1.165, 1.54) is 14.0 Å². The van der Waals surface area contributed by atoms with E-state index >= 15 is 0 Å². The zero-order chi connectivity index (χ0) is 32.6. The van der Waals surface area contributed by atoms with Crippen LogP contribution < -0.4 is 0 Å². The van der Waals surface area contributed by atoms with Crippen molar-refractivity contribution in [2.75, 3.05) is 7.11 Å².